The van der Waals surface area contributed by atoms with Crippen LogP contribution >= 0.6 is 11.6 Å². The van der Waals surface area contributed by atoms with Crippen LogP contribution in [0.15, 0.2) is 60.7 Å². The fourth-order valence-electron chi connectivity index (χ4n) is 9.78. The normalized spacial score (nSPS) is 21.3. The van der Waals surface area contributed by atoms with Gasteiger partial charge < -0.3 is 24.5 Å². The molecule has 5 heterocycles. The van der Waals surface area contributed by atoms with Gasteiger partial charge in [0.25, 0.3) is 11.8 Å². The summed E-state index contributed by atoms with van der Waals surface area (Å²) in [6.07, 6.45) is 4.44. The number of imide groups is 1. The molecule has 1 N–H and O–H groups in total. The van der Waals surface area contributed by atoms with Gasteiger partial charge >= 0.3 is 0 Å². The van der Waals surface area contributed by atoms with Crippen LogP contribution in [0.1, 0.15) is 77.8 Å². The number of rotatable bonds is 10. The molecule has 2 atom stereocenters. The number of carbonyl (C=O) groups is 4. The summed E-state index contributed by atoms with van der Waals surface area (Å²) >= 11 is 6.38. The molecule has 3 aromatic rings. The predicted octanol–water partition coefficient (Wildman–Crippen LogP) is 5.14. The summed E-state index contributed by atoms with van der Waals surface area (Å²) in [6, 6.07) is 22.9. The molecular weight excluding hydrogens is 740 g/mol. The van der Waals surface area contributed by atoms with E-state index >= 15 is 0 Å². The van der Waals surface area contributed by atoms with Crippen molar-refractivity contribution in [3.63, 3.8) is 0 Å². The molecule has 0 radical (unpaired) electrons. The third-order valence-electron chi connectivity index (χ3n) is 13.7. The Bertz CT molecular complexity index is 2060. The summed E-state index contributed by atoms with van der Waals surface area (Å²) in [6.45, 7) is 12.7. The molecule has 298 valence electrons. The number of amides is 4. The molecule has 0 bridgehead atoms. The second-order valence-electron chi connectivity index (χ2n) is 16.5. The molecule has 57 heavy (non-hydrogen) atoms. The maximum atomic E-state index is 13.6. The van der Waals surface area contributed by atoms with Gasteiger partial charge in [-0.3, -0.25) is 29.4 Å². The van der Waals surface area contributed by atoms with Crippen LogP contribution in [0.4, 0.5) is 17.1 Å². The Morgan fingerprint density at radius 3 is 2.28 bits per heavy atom. The molecule has 0 saturated carbocycles. The Balaban J connectivity index is 0.780. The number of nitriles is 1. The zero-order valence-corrected chi connectivity index (χ0v) is 33.6. The smallest absolute Gasteiger partial charge is 0.254 e. The standard InChI is InChI=1S/C44H51ClN8O4/c1-30(3-12-41(55)47-29-54)53-26-34-23-36(10-11-39(34)43(53)57)51-27-38(28-51)49-19-21-50(22-20-49)42(56)32-4-7-35(8-5-32)48-16-13-44(14-17-48)15-18-52(31(44)2)37-9-6-33(25-46)40(45)24-37/h4-11,23-24,29-31,38H,3,12-22,26-28H2,1-2H3,(H,47,54,55). The van der Waals surface area contributed by atoms with E-state index in [4.69, 9.17) is 11.6 Å². The first-order chi connectivity index (χ1) is 27.6. The van der Waals surface area contributed by atoms with Gasteiger partial charge in [0, 0.05) is 118 Å². The zero-order chi connectivity index (χ0) is 39.8. The van der Waals surface area contributed by atoms with Gasteiger partial charge in [0.15, 0.2) is 0 Å². The molecule has 5 aliphatic heterocycles. The van der Waals surface area contributed by atoms with Crippen molar-refractivity contribution in [3.05, 3.63) is 87.9 Å². The number of anilines is 3. The molecule has 2 unspecified atom stereocenters. The van der Waals surface area contributed by atoms with E-state index in [1.165, 1.54) is 5.69 Å². The van der Waals surface area contributed by atoms with Crippen molar-refractivity contribution < 1.29 is 19.2 Å². The van der Waals surface area contributed by atoms with Crippen LogP contribution in [0.2, 0.25) is 5.02 Å². The lowest BCUT2D eigenvalue weighted by Crippen LogP contribution is -2.63. The van der Waals surface area contributed by atoms with Crippen molar-refractivity contribution in [2.24, 2.45) is 5.41 Å². The number of piperidine rings is 1. The molecule has 5 aliphatic rings. The summed E-state index contributed by atoms with van der Waals surface area (Å²) in [4.78, 5) is 62.5. The van der Waals surface area contributed by atoms with Crippen LogP contribution in [0.5, 0.6) is 0 Å². The van der Waals surface area contributed by atoms with Gasteiger partial charge in [0.1, 0.15) is 6.07 Å². The lowest BCUT2D eigenvalue weighted by Gasteiger charge is -2.49. The number of nitrogens with one attached hydrogen (secondary N) is 1. The highest BCUT2D eigenvalue weighted by Crippen LogP contribution is 2.47. The predicted molar refractivity (Wildman–Crippen MR) is 221 cm³/mol. The van der Waals surface area contributed by atoms with Crippen molar-refractivity contribution in [1.82, 2.24) is 20.0 Å². The van der Waals surface area contributed by atoms with Crippen molar-refractivity contribution in [1.29, 1.82) is 5.26 Å². The number of hydrogen-bond acceptors (Lipinski definition) is 9. The van der Waals surface area contributed by atoms with Crippen LogP contribution in [0.25, 0.3) is 0 Å². The van der Waals surface area contributed by atoms with Gasteiger partial charge in [-0.25, -0.2) is 0 Å². The van der Waals surface area contributed by atoms with E-state index in [0.717, 1.165) is 93.1 Å². The average molecular weight is 791 g/mol. The topological polar surface area (TPSA) is 124 Å². The van der Waals surface area contributed by atoms with E-state index in [2.05, 4.69) is 56.1 Å². The van der Waals surface area contributed by atoms with Crippen LogP contribution in [0.3, 0.4) is 0 Å². The van der Waals surface area contributed by atoms with Crippen LogP contribution in [0, 0.1) is 16.7 Å². The van der Waals surface area contributed by atoms with Gasteiger partial charge in [-0.2, -0.15) is 5.26 Å². The molecule has 13 heteroatoms. The van der Waals surface area contributed by atoms with Crippen molar-refractivity contribution in [2.45, 2.75) is 70.6 Å². The van der Waals surface area contributed by atoms with Gasteiger partial charge in [0.2, 0.25) is 12.3 Å². The van der Waals surface area contributed by atoms with Gasteiger partial charge in [-0.15, -0.1) is 0 Å². The Labute approximate surface area is 339 Å². The molecule has 3 aromatic carbocycles. The number of nitrogens with zero attached hydrogens (tertiary/aromatic N) is 7. The van der Waals surface area contributed by atoms with E-state index in [1.807, 2.05) is 59.2 Å². The van der Waals surface area contributed by atoms with E-state index in [-0.39, 0.29) is 35.6 Å². The fourth-order valence-corrected chi connectivity index (χ4v) is 10.00. The minimum absolute atomic E-state index is 0.0135. The number of carbonyl (C=O) groups excluding carboxylic acids is 4. The number of benzene rings is 3. The van der Waals surface area contributed by atoms with E-state index in [0.29, 0.717) is 55.1 Å². The molecule has 8 rings (SSSR count). The molecule has 4 saturated heterocycles. The minimum atomic E-state index is -0.335. The Morgan fingerprint density at radius 1 is 0.912 bits per heavy atom. The lowest BCUT2D eigenvalue weighted by molar-refractivity contribution is -0.125. The zero-order valence-electron chi connectivity index (χ0n) is 32.8. The quantitative estimate of drug-likeness (QED) is 0.278. The monoisotopic (exact) mass is 790 g/mol. The second-order valence-corrected chi connectivity index (χ2v) is 16.9. The molecular formula is C44H51ClN8O4. The third kappa shape index (κ3) is 7.55. The first kappa shape index (κ1) is 38.7. The second kappa shape index (κ2) is 16.0. The molecule has 0 aromatic heterocycles. The Hall–Kier alpha value is -5.12. The summed E-state index contributed by atoms with van der Waals surface area (Å²) in [5, 5.41) is 12.0. The number of halogens is 1. The Kier molecular flexibility index (Phi) is 10.9. The largest absolute Gasteiger partial charge is 0.371 e. The maximum absolute atomic E-state index is 13.6. The summed E-state index contributed by atoms with van der Waals surface area (Å²) in [7, 11) is 0. The van der Waals surface area contributed by atoms with Gasteiger partial charge in [-0.1, -0.05) is 11.6 Å². The van der Waals surface area contributed by atoms with Crippen molar-refractivity contribution in [2.75, 3.05) is 73.6 Å². The van der Waals surface area contributed by atoms with Crippen LogP contribution in [-0.4, -0.2) is 116 Å². The average Bonchev–Trinajstić information content (AvgIpc) is 3.71. The van der Waals surface area contributed by atoms with Gasteiger partial charge in [-0.05, 0) is 111 Å². The molecule has 4 amide bonds. The summed E-state index contributed by atoms with van der Waals surface area (Å²) < 4.78 is 0. The highest BCUT2D eigenvalue weighted by molar-refractivity contribution is 6.32. The SMILES string of the molecule is CC(CCC(=O)NC=O)N1Cc2cc(N3CC(N4CCN(C(=O)c5ccc(N6CCC7(CC6)CCN(c6ccc(C#N)c(Cl)c6)C7C)cc5)CC4)C3)ccc2C1=O. The molecule has 12 nitrogen and oxygen atoms in total. The summed E-state index contributed by atoms with van der Waals surface area (Å²) in [5.41, 5.74) is 6.60. The first-order valence-electron chi connectivity index (χ1n) is 20.3. The number of fused-ring (bicyclic) bond motifs is 1. The lowest BCUT2D eigenvalue weighted by atomic mass is 9.73. The maximum Gasteiger partial charge on any atom is 0.254 e. The molecule has 1 spiro atoms. The number of hydrogen-bond donors (Lipinski definition) is 1. The van der Waals surface area contributed by atoms with E-state index in [9.17, 15) is 24.4 Å². The van der Waals surface area contributed by atoms with E-state index < -0.39 is 0 Å². The van der Waals surface area contributed by atoms with E-state index in [1.54, 1.807) is 0 Å². The van der Waals surface area contributed by atoms with Crippen LogP contribution in [-0.2, 0) is 16.1 Å². The summed E-state index contributed by atoms with van der Waals surface area (Å²) in [5.74, 6) is -0.254. The number of piperazine rings is 1. The third-order valence-corrected chi connectivity index (χ3v) is 14.0. The first-order valence-corrected chi connectivity index (χ1v) is 20.7. The van der Waals surface area contributed by atoms with Crippen molar-refractivity contribution >= 4 is 52.8 Å². The highest BCUT2D eigenvalue weighted by atomic mass is 35.5. The van der Waals surface area contributed by atoms with Crippen LogP contribution < -0.4 is 20.0 Å². The fraction of sp³-hybridized carbons (Fsp3) is 0.477. The van der Waals surface area contributed by atoms with Crippen molar-refractivity contribution in [3.8, 4) is 6.07 Å². The minimum Gasteiger partial charge on any atom is -0.371 e. The molecule has 4 fully saturated rings. The van der Waals surface area contributed by atoms with Gasteiger partial charge in [0.05, 0.1) is 10.6 Å². The molecule has 0 aliphatic carbocycles. The Morgan fingerprint density at radius 2 is 1.60 bits per heavy atom. The highest BCUT2D eigenvalue weighted by Gasteiger charge is 2.46.